The van der Waals surface area contributed by atoms with E-state index in [2.05, 4.69) is 5.48 Å². The SMILES string of the molecule is COc1ccc([N+](=O)[O-])cc1C(=O)NOCC(C)C. The summed E-state index contributed by atoms with van der Waals surface area (Å²) in [5, 5.41) is 10.7. The zero-order valence-electron chi connectivity index (χ0n) is 11.0. The van der Waals surface area contributed by atoms with Gasteiger partial charge in [-0.2, -0.15) is 0 Å². The van der Waals surface area contributed by atoms with Crippen LogP contribution < -0.4 is 10.2 Å². The minimum atomic E-state index is -0.582. The first-order valence-corrected chi connectivity index (χ1v) is 5.70. The van der Waals surface area contributed by atoms with Crippen LogP contribution in [0.2, 0.25) is 0 Å². The molecule has 1 amide bonds. The van der Waals surface area contributed by atoms with Gasteiger partial charge in [0.05, 0.1) is 24.2 Å². The first kappa shape index (κ1) is 14.9. The molecule has 0 radical (unpaired) electrons. The van der Waals surface area contributed by atoms with E-state index in [0.717, 1.165) is 6.07 Å². The number of hydrogen-bond acceptors (Lipinski definition) is 5. The molecule has 0 saturated heterocycles. The first-order valence-electron chi connectivity index (χ1n) is 5.70. The minimum absolute atomic E-state index is 0.0560. The van der Waals surface area contributed by atoms with E-state index in [9.17, 15) is 14.9 Å². The molecule has 0 bridgehead atoms. The molecule has 1 aromatic carbocycles. The third kappa shape index (κ3) is 4.22. The standard InChI is InChI=1S/C12H16N2O5/c1-8(2)7-19-13-12(15)10-6-9(14(16)17)4-5-11(10)18-3/h4-6,8H,7H2,1-3H3,(H,13,15). The Morgan fingerprint density at radius 1 is 1.47 bits per heavy atom. The molecule has 1 aromatic rings. The number of hydrogen-bond donors (Lipinski definition) is 1. The summed E-state index contributed by atoms with van der Waals surface area (Å²) in [5.41, 5.74) is 2.10. The van der Waals surface area contributed by atoms with Crippen molar-refractivity contribution in [3.63, 3.8) is 0 Å². The molecule has 0 aliphatic rings. The number of methoxy groups -OCH3 is 1. The van der Waals surface area contributed by atoms with Crippen LogP contribution in [0.3, 0.4) is 0 Å². The maximum absolute atomic E-state index is 11.8. The van der Waals surface area contributed by atoms with Crippen molar-refractivity contribution >= 4 is 11.6 Å². The van der Waals surface area contributed by atoms with Crippen LogP contribution in [0.4, 0.5) is 5.69 Å². The van der Waals surface area contributed by atoms with Crippen LogP contribution in [0, 0.1) is 16.0 Å². The number of rotatable bonds is 6. The Kier molecular flexibility index (Phi) is 5.25. The number of hydroxylamine groups is 1. The Morgan fingerprint density at radius 2 is 2.16 bits per heavy atom. The van der Waals surface area contributed by atoms with Crippen molar-refractivity contribution in [2.75, 3.05) is 13.7 Å². The quantitative estimate of drug-likeness (QED) is 0.628. The smallest absolute Gasteiger partial charge is 0.278 e. The van der Waals surface area contributed by atoms with Gasteiger partial charge in [-0.15, -0.1) is 0 Å². The van der Waals surface area contributed by atoms with Crippen LogP contribution in [0.1, 0.15) is 24.2 Å². The Balaban J connectivity index is 2.87. The molecule has 7 nitrogen and oxygen atoms in total. The molecule has 0 heterocycles. The van der Waals surface area contributed by atoms with E-state index in [1.54, 1.807) is 0 Å². The fourth-order valence-corrected chi connectivity index (χ4v) is 1.32. The highest BCUT2D eigenvalue weighted by Gasteiger charge is 2.17. The largest absolute Gasteiger partial charge is 0.496 e. The van der Waals surface area contributed by atoms with E-state index in [4.69, 9.17) is 9.57 Å². The third-order valence-corrected chi connectivity index (χ3v) is 2.22. The molecule has 1 N–H and O–H groups in total. The Morgan fingerprint density at radius 3 is 2.68 bits per heavy atom. The zero-order chi connectivity index (χ0) is 14.4. The van der Waals surface area contributed by atoms with Crippen molar-refractivity contribution in [3.05, 3.63) is 33.9 Å². The molecule has 0 aromatic heterocycles. The van der Waals surface area contributed by atoms with Gasteiger partial charge in [0, 0.05) is 12.1 Å². The van der Waals surface area contributed by atoms with Crippen molar-refractivity contribution in [3.8, 4) is 5.75 Å². The van der Waals surface area contributed by atoms with Gasteiger partial charge < -0.3 is 4.74 Å². The van der Waals surface area contributed by atoms with E-state index in [1.165, 1.54) is 19.2 Å². The number of nitrogens with one attached hydrogen (secondary N) is 1. The van der Waals surface area contributed by atoms with Crippen molar-refractivity contribution < 1.29 is 19.3 Å². The zero-order valence-corrected chi connectivity index (χ0v) is 11.0. The average molecular weight is 268 g/mol. The lowest BCUT2D eigenvalue weighted by molar-refractivity contribution is -0.384. The number of non-ortho nitro benzene ring substituents is 1. The fraction of sp³-hybridized carbons (Fsp3) is 0.417. The minimum Gasteiger partial charge on any atom is -0.496 e. The van der Waals surface area contributed by atoms with Crippen LogP contribution in [-0.2, 0) is 4.84 Å². The summed E-state index contributed by atoms with van der Waals surface area (Å²) < 4.78 is 4.99. The third-order valence-electron chi connectivity index (χ3n) is 2.22. The summed E-state index contributed by atoms with van der Waals surface area (Å²) in [7, 11) is 1.38. The molecule has 0 fully saturated rings. The molecule has 0 spiro atoms. The van der Waals surface area contributed by atoms with Gasteiger partial charge in [0.15, 0.2) is 0 Å². The predicted octanol–water partition coefficient (Wildman–Crippen LogP) is 1.92. The Bertz CT molecular complexity index is 473. The molecule has 0 unspecified atom stereocenters. The van der Waals surface area contributed by atoms with Crippen molar-refractivity contribution in [1.82, 2.24) is 5.48 Å². The lowest BCUT2D eigenvalue weighted by Crippen LogP contribution is -2.26. The van der Waals surface area contributed by atoms with Gasteiger partial charge in [0.25, 0.3) is 11.6 Å². The maximum Gasteiger partial charge on any atom is 0.278 e. The number of carbonyl (C=O) groups excluding carboxylic acids is 1. The van der Waals surface area contributed by atoms with Crippen LogP contribution >= 0.6 is 0 Å². The summed E-state index contributed by atoms with van der Waals surface area (Å²) in [5.74, 6) is -0.0789. The molecule has 0 atom stereocenters. The van der Waals surface area contributed by atoms with Crippen LogP contribution in [0.5, 0.6) is 5.75 Å². The second-order valence-electron chi connectivity index (χ2n) is 4.28. The second-order valence-corrected chi connectivity index (χ2v) is 4.28. The summed E-state index contributed by atoms with van der Waals surface area (Å²) in [6.45, 7) is 4.21. The lowest BCUT2D eigenvalue weighted by Gasteiger charge is -2.10. The summed E-state index contributed by atoms with van der Waals surface area (Å²) in [6, 6.07) is 3.78. The van der Waals surface area contributed by atoms with Gasteiger partial charge >= 0.3 is 0 Å². The maximum atomic E-state index is 11.8. The molecular weight excluding hydrogens is 252 g/mol. The van der Waals surface area contributed by atoms with Gasteiger partial charge in [-0.1, -0.05) is 13.8 Å². The van der Waals surface area contributed by atoms with Gasteiger partial charge in [0.2, 0.25) is 0 Å². The number of carbonyl (C=O) groups is 1. The van der Waals surface area contributed by atoms with Gasteiger partial charge in [-0.05, 0) is 12.0 Å². The molecular formula is C12H16N2O5. The van der Waals surface area contributed by atoms with E-state index >= 15 is 0 Å². The normalized spacial score (nSPS) is 10.3. The molecule has 7 heteroatoms. The number of amides is 1. The topological polar surface area (TPSA) is 90.7 Å². The highest BCUT2D eigenvalue weighted by atomic mass is 16.7. The highest BCUT2D eigenvalue weighted by Crippen LogP contribution is 2.23. The molecule has 0 saturated carbocycles. The van der Waals surface area contributed by atoms with Crippen LogP contribution in [-0.4, -0.2) is 24.5 Å². The Hall–Kier alpha value is -2.15. The van der Waals surface area contributed by atoms with Gasteiger partial charge in [0.1, 0.15) is 5.75 Å². The number of benzene rings is 1. The van der Waals surface area contributed by atoms with Gasteiger partial charge in [-0.3, -0.25) is 19.7 Å². The molecule has 0 aliphatic heterocycles. The molecule has 1 rings (SSSR count). The summed E-state index contributed by atoms with van der Waals surface area (Å²) in [6.07, 6.45) is 0. The van der Waals surface area contributed by atoms with E-state index in [1.807, 2.05) is 13.8 Å². The van der Waals surface area contributed by atoms with Gasteiger partial charge in [-0.25, -0.2) is 5.48 Å². The van der Waals surface area contributed by atoms with E-state index in [-0.39, 0.29) is 22.9 Å². The summed E-state index contributed by atoms with van der Waals surface area (Å²) >= 11 is 0. The monoisotopic (exact) mass is 268 g/mol. The average Bonchev–Trinajstić information content (AvgIpc) is 2.37. The second kappa shape index (κ2) is 6.69. The van der Waals surface area contributed by atoms with Crippen molar-refractivity contribution in [1.29, 1.82) is 0 Å². The predicted molar refractivity (Wildman–Crippen MR) is 67.9 cm³/mol. The number of ether oxygens (including phenoxy) is 1. The first-order chi connectivity index (χ1) is 8.95. The Labute approximate surface area is 110 Å². The number of nitro groups is 1. The molecule has 19 heavy (non-hydrogen) atoms. The number of nitro benzene ring substituents is 1. The van der Waals surface area contributed by atoms with Crippen molar-refractivity contribution in [2.45, 2.75) is 13.8 Å². The van der Waals surface area contributed by atoms with E-state index in [0.29, 0.717) is 6.61 Å². The molecule has 0 aliphatic carbocycles. The van der Waals surface area contributed by atoms with E-state index < -0.39 is 10.8 Å². The summed E-state index contributed by atoms with van der Waals surface area (Å²) in [4.78, 5) is 26.9. The van der Waals surface area contributed by atoms with Crippen molar-refractivity contribution in [2.24, 2.45) is 5.92 Å². The van der Waals surface area contributed by atoms with Crippen LogP contribution in [0.25, 0.3) is 0 Å². The highest BCUT2D eigenvalue weighted by molar-refractivity contribution is 5.96. The lowest BCUT2D eigenvalue weighted by atomic mass is 10.1. The fourth-order valence-electron chi connectivity index (χ4n) is 1.32. The molecule has 104 valence electrons. The van der Waals surface area contributed by atoms with Crippen LogP contribution in [0.15, 0.2) is 18.2 Å². The number of nitrogens with zero attached hydrogens (tertiary/aromatic N) is 1.